The van der Waals surface area contributed by atoms with Crippen LogP contribution in [0.5, 0.6) is 5.75 Å². The predicted octanol–water partition coefficient (Wildman–Crippen LogP) is 4.01. The lowest BCUT2D eigenvalue weighted by molar-refractivity contribution is -0.118. The van der Waals surface area contributed by atoms with Crippen LogP contribution in [0.15, 0.2) is 42.5 Å². The van der Waals surface area contributed by atoms with Crippen molar-refractivity contribution >= 4 is 11.6 Å². The highest BCUT2D eigenvalue weighted by atomic mass is 16.5. The van der Waals surface area contributed by atoms with Crippen LogP contribution in [0.1, 0.15) is 36.5 Å². The largest absolute Gasteiger partial charge is 0.483 e. The van der Waals surface area contributed by atoms with E-state index >= 15 is 0 Å². The summed E-state index contributed by atoms with van der Waals surface area (Å²) in [5.41, 5.74) is 3.26. The van der Waals surface area contributed by atoms with Crippen LogP contribution in [0.25, 0.3) is 0 Å². The molecule has 0 saturated heterocycles. The molecule has 2 aromatic carbocycles. The van der Waals surface area contributed by atoms with Crippen molar-refractivity contribution in [3.63, 3.8) is 0 Å². The molecule has 0 saturated carbocycles. The maximum atomic E-state index is 12.0. The standard InChI is InChI=1S/C19H20N2O2/c1-13(2)16-8-7-14(3)18(10-16)23-12-19(22)21-17-6-4-5-15(9-17)11-20/h4-10,13H,12H2,1-3H3,(H,21,22). The van der Waals surface area contributed by atoms with Gasteiger partial charge in [-0.15, -0.1) is 0 Å². The molecule has 1 N–H and O–H groups in total. The van der Waals surface area contributed by atoms with Crippen molar-refractivity contribution in [1.29, 1.82) is 5.26 Å². The lowest BCUT2D eigenvalue weighted by Crippen LogP contribution is -2.20. The lowest BCUT2D eigenvalue weighted by Gasteiger charge is -2.13. The molecule has 0 spiro atoms. The highest BCUT2D eigenvalue weighted by Crippen LogP contribution is 2.24. The van der Waals surface area contributed by atoms with Gasteiger partial charge in [0, 0.05) is 5.69 Å². The number of anilines is 1. The van der Waals surface area contributed by atoms with Crippen molar-refractivity contribution in [2.24, 2.45) is 0 Å². The summed E-state index contributed by atoms with van der Waals surface area (Å²) >= 11 is 0. The van der Waals surface area contributed by atoms with Gasteiger partial charge in [-0.25, -0.2) is 0 Å². The Hall–Kier alpha value is -2.80. The van der Waals surface area contributed by atoms with E-state index in [4.69, 9.17) is 10.00 Å². The van der Waals surface area contributed by atoms with E-state index in [0.717, 1.165) is 11.3 Å². The molecule has 2 aromatic rings. The van der Waals surface area contributed by atoms with Gasteiger partial charge >= 0.3 is 0 Å². The zero-order chi connectivity index (χ0) is 16.8. The monoisotopic (exact) mass is 308 g/mol. The predicted molar refractivity (Wildman–Crippen MR) is 90.5 cm³/mol. The van der Waals surface area contributed by atoms with Crippen LogP contribution >= 0.6 is 0 Å². The second-order valence-electron chi connectivity index (χ2n) is 5.71. The third-order valence-electron chi connectivity index (χ3n) is 3.51. The number of hydrogen-bond donors (Lipinski definition) is 1. The summed E-state index contributed by atoms with van der Waals surface area (Å²) in [6.07, 6.45) is 0. The SMILES string of the molecule is Cc1ccc(C(C)C)cc1OCC(=O)Nc1cccc(C#N)c1. The minimum atomic E-state index is -0.255. The summed E-state index contributed by atoms with van der Waals surface area (Å²) in [5.74, 6) is 0.868. The van der Waals surface area contributed by atoms with Gasteiger partial charge in [0.2, 0.25) is 0 Å². The first-order valence-electron chi connectivity index (χ1n) is 7.53. The molecule has 4 heteroatoms. The van der Waals surface area contributed by atoms with Crippen molar-refractivity contribution in [2.75, 3.05) is 11.9 Å². The zero-order valence-electron chi connectivity index (χ0n) is 13.6. The zero-order valence-corrected chi connectivity index (χ0v) is 13.6. The van der Waals surface area contributed by atoms with Crippen molar-refractivity contribution in [2.45, 2.75) is 26.7 Å². The molecule has 0 aliphatic rings. The first-order valence-corrected chi connectivity index (χ1v) is 7.53. The number of rotatable bonds is 5. The first-order chi connectivity index (χ1) is 11.0. The third-order valence-corrected chi connectivity index (χ3v) is 3.51. The Morgan fingerprint density at radius 1 is 1.26 bits per heavy atom. The molecule has 0 atom stereocenters. The number of nitrogens with one attached hydrogen (secondary N) is 1. The molecule has 0 radical (unpaired) electrons. The smallest absolute Gasteiger partial charge is 0.262 e. The summed E-state index contributed by atoms with van der Waals surface area (Å²) in [4.78, 5) is 12.0. The van der Waals surface area contributed by atoms with Crippen molar-refractivity contribution in [3.05, 3.63) is 59.2 Å². The Kier molecular flexibility index (Phi) is 5.37. The van der Waals surface area contributed by atoms with Crippen LogP contribution in [0.3, 0.4) is 0 Å². The average Bonchev–Trinajstić information content (AvgIpc) is 2.54. The van der Waals surface area contributed by atoms with E-state index in [2.05, 4.69) is 25.2 Å². The van der Waals surface area contributed by atoms with Crippen molar-refractivity contribution in [3.8, 4) is 11.8 Å². The first kappa shape index (κ1) is 16.6. The number of amides is 1. The van der Waals surface area contributed by atoms with E-state index < -0.39 is 0 Å². The van der Waals surface area contributed by atoms with Gasteiger partial charge in [-0.2, -0.15) is 5.26 Å². The molecule has 0 unspecified atom stereocenters. The fourth-order valence-electron chi connectivity index (χ4n) is 2.14. The summed E-state index contributed by atoms with van der Waals surface area (Å²) in [6.45, 7) is 6.11. The molecule has 0 bridgehead atoms. The van der Waals surface area contributed by atoms with Crippen LogP contribution < -0.4 is 10.1 Å². The summed E-state index contributed by atoms with van der Waals surface area (Å²) in [6, 6.07) is 14.9. The minimum Gasteiger partial charge on any atom is -0.483 e. The Morgan fingerprint density at radius 2 is 2.04 bits per heavy atom. The quantitative estimate of drug-likeness (QED) is 0.908. The second-order valence-corrected chi connectivity index (χ2v) is 5.71. The molecule has 4 nitrogen and oxygen atoms in total. The number of aryl methyl sites for hydroxylation is 1. The van der Waals surface area contributed by atoms with Gasteiger partial charge < -0.3 is 10.1 Å². The fourth-order valence-corrected chi connectivity index (χ4v) is 2.14. The molecule has 0 aliphatic heterocycles. The second kappa shape index (κ2) is 7.46. The van der Waals surface area contributed by atoms with E-state index in [1.54, 1.807) is 24.3 Å². The molecule has 118 valence electrons. The molecular formula is C19H20N2O2. The Labute approximate surface area is 136 Å². The average molecular weight is 308 g/mol. The number of ether oxygens (including phenoxy) is 1. The highest BCUT2D eigenvalue weighted by molar-refractivity contribution is 5.92. The number of carbonyl (C=O) groups is 1. The van der Waals surface area contributed by atoms with E-state index in [9.17, 15) is 4.79 Å². The van der Waals surface area contributed by atoms with Crippen LogP contribution in [0, 0.1) is 18.3 Å². The number of hydrogen-bond acceptors (Lipinski definition) is 3. The summed E-state index contributed by atoms with van der Waals surface area (Å²) in [7, 11) is 0. The van der Waals surface area contributed by atoms with E-state index in [1.807, 2.05) is 25.1 Å². The Morgan fingerprint density at radius 3 is 2.74 bits per heavy atom. The van der Waals surface area contributed by atoms with Gasteiger partial charge in [0.25, 0.3) is 5.91 Å². The molecule has 23 heavy (non-hydrogen) atoms. The maximum Gasteiger partial charge on any atom is 0.262 e. The van der Waals surface area contributed by atoms with Crippen LogP contribution in [-0.4, -0.2) is 12.5 Å². The van der Waals surface area contributed by atoms with E-state index in [0.29, 0.717) is 17.2 Å². The van der Waals surface area contributed by atoms with E-state index in [1.165, 1.54) is 5.56 Å². The molecular weight excluding hydrogens is 288 g/mol. The minimum absolute atomic E-state index is 0.0703. The van der Waals surface area contributed by atoms with Crippen molar-refractivity contribution < 1.29 is 9.53 Å². The molecule has 0 fully saturated rings. The van der Waals surface area contributed by atoms with Crippen molar-refractivity contribution in [1.82, 2.24) is 0 Å². The Bertz CT molecular complexity index is 745. The molecule has 2 rings (SSSR count). The normalized spacial score (nSPS) is 10.2. The number of nitriles is 1. The molecule has 0 aromatic heterocycles. The van der Waals surface area contributed by atoms with Gasteiger partial charge in [-0.1, -0.05) is 32.0 Å². The fraction of sp³-hybridized carbons (Fsp3) is 0.263. The molecule has 0 aliphatic carbocycles. The topological polar surface area (TPSA) is 62.1 Å². The summed E-state index contributed by atoms with van der Waals surface area (Å²) < 4.78 is 5.64. The van der Waals surface area contributed by atoms with Crippen LogP contribution in [0.4, 0.5) is 5.69 Å². The number of nitrogens with zero attached hydrogens (tertiary/aromatic N) is 1. The van der Waals surface area contributed by atoms with Gasteiger partial charge in [0.15, 0.2) is 6.61 Å². The summed E-state index contributed by atoms with van der Waals surface area (Å²) in [5, 5.41) is 11.6. The van der Waals surface area contributed by atoms with Crippen LogP contribution in [0.2, 0.25) is 0 Å². The van der Waals surface area contributed by atoms with Crippen LogP contribution in [-0.2, 0) is 4.79 Å². The highest BCUT2D eigenvalue weighted by Gasteiger charge is 2.08. The lowest BCUT2D eigenvalue weighted by atomic mass is 10.0. The van der Waals surface area contributed by atoms with Gasteiger partial charge in [-0.3, -0.25) is 4.79 Å². The van der Waals surface area contributed by atoms with Gasteiger partial charge in [0.05, 0.1) is 11.6 Å². The van der Waals surface area contributed by atoms with E-state index in [-0.39, 0.29) is 12.5 Å². The number of benzene rings is 2. The Balaban J connectivity index is 1.99. The van der Waals surface area contributed by atoms with Gasteiger partial charge in [-0.05, 0) is 48.2 Å². The maximum absolute atomic E-state index is 12.0. The molecule has 0 heterocycles. The number of carbonyl (C=O) groups excluding carboxylic acids is 1. The van der Waals surface area contributed by atoms with Gasteiger partial charge in [0.1, 0.15) is 5.75 Å². The molecule has 1 amide bonds. The third kappa shape index (κ3) is 4.58.